The van der Waals surface area contributed by atoms with Crippen LogP contribution in [0.2, 0.25) is 0 Å². The summed E-state index contributed by atoms with van der Waals surface area (Å²) in [6.45, 7) is 17.9. The molecule has 0 spiro atoms. The molecule has 0 aromatic carbocycles. The Bertz CT molecular complexity index is 389. The van der Waals surface area contributed by atoms with Gasteiger partial charge in [-0.2, -0.15) is 0 Å². The van der Waals surface area contributed by atoms with E-state index in [0.717, 1.165) is 12.8 Å². The molecule has 0 saturated heterocycles. The van der Waals surface area contributed by atoms with Gasteiger partial charge in [-0.25, -0.2) is 0 Å². The van der Waals surface area contributed by atoms with Gasteiger partial charge < -0.3 is 5.32 Å². The fourth-order valence-corrected chi connectivity index (χ4v) is 2.79. The van der Waals surface area contributed by atoms with Gasteiger partial charge in [0.1, 0.15) is 0 Å². The van der Waals surface area contributed by atoms with E-state index >= 15 is 0 Å². The first-order valence-corrected chi connectivity index (χ1v) is 8.08. The van der Waals surface area contributed by atoms with Crippen molar-refractivity contribution in [2.24, 2.45) is 11.3 Å². The molecule has 1 nitrogen and oxygen atoms in total. The Hall–Kier alpha value is -0.820. The van der Waals surface area contributed by atoms with E-state index in [4.69, 9.17) is 0 Å². The normalized spacial score (nSPS) is 25.4. The molecule has 114 valence electrons. The predicted octanol–water partition coefficient (Wildman–Crippen LogP) is 5.26. The fraction of sp³-hybridized carbons (Fsp3) is 0.684. The molecular weight excluding hydrogens is 242 g/mol. The average molecular weight is 275 g/mol. The second kappa shape index (κ2) is 7.26. The topological polar surface area (TPSA) is 12.0 Å². The maximum absolute atomic E-state index is 4.39. The third-order valence-electron chi connectivity index (χ3n) is 4.54. The van der Waals surface area contributed by atoms with Crippen molar-refractivity contribution in [3.63, 3.8) is 0 Å². The molecular formula is C19H33N. The number of allylic oxidation sites excluding steroid dienone is 4. The SMILES string of the molecule is C=C(C(C)CC)C(CC1(C)C=CC(C)=CC1)NC(C)C. The molecule has 0 radical (unpaired) electrons. The van der Waals surface area contributed by atoms with Gasteiger partial charge in [-0.3, -0.25) is 0 Å². The molecule has 0 aromatic heterocycles. The van der Waals surface area contributed by atoms with Crippen LogP contribution in [0.3, 0.4) is 0 Å². The smallest absolute Gasteiger partial charge is 0.0289 e. The summed E-state index contributed by atoms with van der Waals surface area (Å²) in [7, 11) is 0. The largest absolute Gasteiger partial charge is 0.308 e. The molecule has 1 aliphatic rings. The third-order valence-corrected chi connectivity index (χ3v) is 4.54. The fourth-order valence-electron chi connectivity index (χ4n) is 2.79. The maximum Gasteiger partial charge on any atom is 0.0289 e. The van der Waals surface area contributed by atoms with Crippen molar-refractivity contribution in [2.45, 2.75) is 72.9 Å². The molecule has 3 unspecified atom stereocenters. The predicted molar refractivity (Wildman–Crippen MR) is 90.9 cm³/mol. The first-order chi connectivity index (χ1) is 9.27. The molecule has 0 aromatic rings. The molecule has 0 heterocycles. The Balaban J connectivity index is 2.80. The van der Waals surface area contributed by atoms with Gasteiger partial charge in [-0.1, -0.05) is 70.6 Å². The van der Waals surface area contributed by atoms with Crippen molar-refractivity contribution in [3.05, 3.63) is 36.0 Å². The van der Waals surface area contributed by atoms with Crippen LogP contribution >= 0.6 is 0 Å². The van der Waals surface area contributed by atoms with E-state index in [0.29, 0.717) is 18.0 Å². The molecule has 0 saturated carbocycles. The number of hydrogen-bond acceptors (Lipinski definition) is 1. The van der Waals surface area contributed by atoms with Crippen LogP contribution in [0.4, 0.5) is 0 Å². The second-order valence-corrected chi connectivity index (χ2v) is 7.10. The molecule has 0 aliphatic heterocycles. The Kier molecular flexibility index (Phi) is 6.26. The van der Waals surface area contributed by atoms with Gasteiger partial charge in [0.25, 0.3) is 0 Å². The van der Waals surface area contributed by atoms with Crippen molar-refractivity contribution >= 4 is 0 Å². The molecule has 1 heteroatoms. The number of nitrogens with one attached hydrogen (secondary N) is 1. The molecule has 20 heavy (non-hydrogen) atoms. The van der Waals surface area contributed by atoms with E-state index in [1.807, 2.05) is 0 Å². The standard InChI is InChI=1S/C19H33N/c1-8-16(5)17(6)18(20-14(2)3)13-19(7)11-9-15(4)10-12-19/h9-11,14,16,18,20H,6,8,12-13H2,1-5,7H3. The van der Waals surface area contributed by atoms with Crippen molar-refractivity contribution in [3.8, 4) is 0 Å². The van der Waals surface area contributed by atoms with Gasteiger partial charge in [0.2, 0.25) is 0 Å². The van der Waals surface area contributed by atoms with E-state index in [9.17, 15) is 0 Å². The van der Waals surface area contributed by atoms with Crippen molar-refractivity contribution in [1.82, 2.24) is 5.32 Å². The lowest BCUT2D eigenvalue weighted by Crippen LogP contribution is -2.41. The van der Waals surface area contributed by atoms with Crippen LogP contribution < -0.4 is 5.32 Å². The Morgan fingerprint density at radius 2 is 2.05 bits per heavy atom. The molecule has 1 N–H and O–H groups in total. The molecule has 1 rings (SSSR count). The zero-order valence-corrected chi connectivity index (χ0v) is 14.3. The molecule has 3 atom stereocenters. The highest BCUT2D eigenvalue weighted by Gasteiger charge is 2.29. The third kappa shape index (κ3) is 4.94. The number of rotatable bonds is 7. The first kappa shape index (κ1) is 17.2. The summed E-state index contributed by atoms with van der Waals surface area (Å²) in [5.74, 6) is 0.583. The van der Waals surface area contributed by atoms with Crippen LogP contribution in [-0.4, -0.2) is 12.1 Å². The minimum absolute atomic E-state index is 0.252. The van der Waals surface area contributed by atoms with Gasteiger partial charge in [0, 0.05) is 12.1 Å². The lowest BCUT2D eigenvalue weighted by Gasteiger charge is -2.35. The van der Waals surface area contributed by atoms with E-state index in [2.05, 4.69) is 71.7 Å². The molecule has 0 bridgehead atoms. The van der Waals surface area contributed by atoms with Crippen LogP contribution in [0, 0.1) is 11.3 Å². The van der Waals surface area contributed by atoms with Crippen LogP contribution in [0.1, 0.15) is 60.8 Å². The summed E-state index contributed by atoms with van der Waals surface area (Å²) in [5.41, 5.74) is 3.00. The van der Waals surface area contributed by atoms with E-state index in [-0.39, 0.29) is 5.41 Å². The van der Waals surface area contributed by atoms with Gasteiger partial charge in [0.05, 0.1) is 0 Å². The molecule has 0 amide bonds. The lowest BCUT2D eigenvalue weighted by molar-refractivity contribution is 0.317. The maximum atomic E-state index is 4.39. The van der Waals surface area contributed by atoms with Crippen LogP contribution in [0.5, 0.6) is 0 Å². The Labute approximate surface area is 126 Å². The minimum Gasteiger partial charge on any atom is -0.308 e. The average Bonchev–Trinajstić information content (AvgIpc) is 2.39. The highest BCUT2D eigenvalue weighted by molar-refractivity contribution is 5.25. The van der Waals surface area contributed by atoms with E-state index in [1.165, 1.54) is 17.6 Å². The quantitative estimate of drug-likeness (QED) is 0.625. The monoisotopic (exact) mass is 275 g/mol. The zero-order chi connectivity index (χ0) is 15.3. The summed E-state index contributed by atoms with van der Waals surface area (Å²) in [6, 6.07) is 0.903. The number of hydrogen-bond donors (Lipinski definition) is 1. The van der Waals surface area contributed by atoms with Crippen molar-refractivity contribution < 1.29 is 0 Å². The summed E-state index contributed by atoms with van der Waals surface area (Å²) >= 11 is 0. The minimum atomic E-state index is 0.252. The first-order valence-electron chi connectivity index (χ1n) is 8.08. The molecule has 1 aliphatic carbocycles. The summed E-state index contributed by atoms with van der Waals surface area (Å²) < 4.78 is 0. The summed E-state index contributed by atoms with van der Waals surface area (Å²) in [5, 5.41) is 3.72. The lowest BCUT2D eigenvalue weighted by atomic mass is 9.74. The van der Waals surface area contributed by atoms with Crippen molar-refractivity contribution in [2.75, 3.05) is 0 Å². The van der Waals surface area contributed by atoms with Gasteiger partial charge in [0.15, 0.2) is 0 Å². The summed E-state index contributed by atoms with van der Waals surface area (Å²) in [6.07, 6.45) is 10.5. The van der Waals surface area contributed by atoms with Crippen molar-refractivity contribution in [1.29, 1.82) is 0 Å². The van der Waals surface area contributed by atoms with E-state index in [1.54, 1.807) is 0 Å². The Morgan fingerprint density at radius 3 is 2.50 bits per heavy atom. The van der Waals surface area contributed by atoms with Crippen LogP contribution in [-0.2, 0) is 0 Å². The van der Waals surface area contributed by atoms with Gasteiger partial charge in [-0.05, 0) is 37.5 Å². The van der Waals surface area contributed by atoms with E-state index < -0.39 is 0 Å². The highest BCUT2D eigenvalue weighted by Crippen LogP contribution is 2.36. The summed E-state index contributed by atoms with van der Waals surface area (Å²) in [4.78, 5) is 0. The molecule has 0 fully saturated rings. The second-order valence-electron chi connectivity index (χ2n) is 7.10. The zero-order valence-electron chi connectivity index (χ0n) is 14.3. The van der Waals surface area contributed by atoms with Gasteiger partial charge in [-0.15, -0.1) is 0 Å². The van der Waals surface area contributed by atoms with Gasteiger partial charge >= 0.3 is 0 Å². The Morgan fingerprint density at radius 1 is 1.40 bits per heavy atom. The van der Waals surface area contributed by atoms with Crippen LogP contribution in [0.15, 0.2) is 36.0 Å². The van der Waals surface area contributed by atoms with Crippen LogP contribution in [0.25, 0.3) is 0 Å². The highest BCUT2D eigenvalue weighted by atomic mass is 14.9.